The van der Waals surface area contributed by atoms with Gasteiger partial charge in [-0.05, 0) is 19.4 Å². The van der Waals surface area contributed by atoms with Gasteiger partial charge in [0.1, 0.15) is 5.76 Å². The van der Waals surface area contributed by atoms with Crippen LogP contribution in [0, 0.1) is 0 Å². The first-order valence-electron chi connectivity index (χ1n) is 5.54. The van der Waals surface area contributed by atoms with E-state index < -0.39 is 0 Å². The lowest BCUT2D eigenvalue weighted by Gasteiger charge is -2.07. The average molecular weight is 194 g/mol. The van der Waals surface area contributed by atoms with E-state index in [0.717, 1.165) is 24.5 Å². The molecule has 0 radical (unpaired) electrons. The minimum atomic E-state index is 0.631. The Hall–Kier alpha value is -0.830. The third-order valence-electron chi connectivity index (χ3n) is 2.94. The molecular weight excluding hydrogens is 176 g/mol. The lowest BCUT2D eigenvalue weighted by Crippen LogP contribution is -2.13. The van der Waals surface area contributed by atoms with Crippen LogP contribution >= 0.6 is 0 Å². The zero-order valence-corrected chi connectivity index (χ0v) is 8.75. The van der Waals surface area contributed by atoms with Gasteiger partial charge in [0, 0.05) is 12.5 Å². The van der Waals surface area contributed by atoms with Gasteiger partial charge in [-0.1, -0.05) is 19.8 Å². The van der Waals surface area contributed by atoms with Gasteiger partial charge in [0.2, 0.25) is 0 Å². The normalized spacial score (nSPS) is 17.8. The lowest BCUT2D eigenvalue weighted by atomic mass is 10.0. The molecular formula is C11H18N2O. The SMILES string of the molecule is CCNCc1ncoc1C1CCCC1. The number of hydrogen-bond donors (Lipinski definition) is 1. The zero-order chi connectivity index (χ0) is 9.80. The summed E-state index contributed by atoms with van der Waals surface area (Å²) >= 11 is 0. The van der Waals surface area contributed by atoms with Crippen molar-refractivity contribution in [1.82, 2.24) is 10.3 Å². The maximum Gasteiger partial charge on any atom is 0.181 e. The number of hydrogen-bond acceptors (Lipinski definition) is 3. The maximum atomic E-state index is 5.49. The molecule has 1 aromatic heterocycles. The van der Waals surface area contributed by atoms with Crippen LogP contribution in [-0.4, -0.2) is 11.5 Å². The third kappa shape index (κ3) is 1.98. The quantitative estimate of drug-likeness (QED) is 0.800. The second kappa shape index (κ2) is 4.60. The van der Waals surface area contributed by atoms with Crippen molar-refractivity contribution in [3.8, 4) is 0 Å². The monoisotopic (exact) mass is 194 g/mol. The van der Waals surface area contributed by atoms with E-state index >= 15 is 0 Å². The zero-order valence-electron chi connectivity index (χ0n) is 8.75. The molecule has 0 atom stereocenters. The van der Waals surface area contributed by atoms with Gasteiger partial charge in [-0.25, -0.2) is 4.98 Å². The van der Waals surface area contributed by atoms with Crippen molar-refractivity contribution in [2.24, 2.45) is 0 Å². The van der Waals surface area contributed by atoms with E-state index in [0.29, 0.717) is 5.92 Å². The Morgan fingerprint density at radius 2 is 2.29 bits per heavy atom. The van der Waals surface area contributed by atoms with Crippen molar-refractivity contribution < 1.29 is 4.42 Å². The molecule has 0 amide bonds. The minimum Gasteiger partial charge on any atom is -0.448 e. The van der Waals surface area contributed by atoms with E-state index in [1.165, 1.54) is 25.7 Å². The Morgan fingerprint density at radius 1 is 1.50 bits per heavy atom. The van der Waals surface area contributed by atoms with E-state index in [2.05, 4.69) is 17.2 Å². The molecule has 78 valence electrons. The Kier molecular flexibility index (Phi) is 3.19. The molecule has 1 aliphatic carbocycles. The highest BCUT2D eigenvalue weighted by atomic mass is 16.3. The van der Waals surface area contributed by atoms with Crippen molar-refractivity contribution >= 4 is 0 Å². The highest BCUT2D eigenvalue weighted by molar-refractivity contribution is 5.13. The van der Waals surface area contributed by atoms with Crippen LogP contribution in [0.15, 0.2) is 10.8 Å². The van der Waals surface area contributed by atoms with Gasteiger partial charge in [0.05, 0.1) is 5.69 Å². The van der Waals surface area contributed by atoms with E-state index in [9.17, 15) is 0 Å². The summed E-state index contributed by atoms with van der Waals surface area (Å²) in [4.78, 5) is 4.27. The first-order chi connectivity index (χ1) is 6.92. The van der Waals surface area contributed by atoms with E-state index in [1.54, 1.807) is 6.39 Å². The fourth-order valence-electron chi connectivity index (χ4n) is 2.17. The van der Waals surface area contributed by atoms with Crippen LogP contribution in [0.25, 0.3) is 0 Å². The highest BCUT2D eigenvalue weighted by Gasteiger charge is 2.23. The minimum absolute atomic E-state index is 0.631. The second-order valence-electron chi connectivity index (χ2n) is 3.93. The van der Waals surface area contributed by atoms with Gasteiger partial charge in [-0.2, -0.15) is 0 Å². The van der Waals surface area contributed by atoms with Crippen LogP contribution in [0.2, 0.25) is 0 Å². The van der Waals surface area contributed by atoms with Crippen molar-refractivity contribution in [2.45, 2.75) is 45.1 Å². The van der Waals surface area contributed by atoms with Crippen molar-refractivity contribution in [1.29, 1.82) is 0 Å². The standard InChI is InChI=1S/C11H18N2O/c1-2-12-7-10-11(14-8-13-10)9-5-3-4-6-9/h8-9,12H,2-7H2,1H3. The van der Waals surface area contributed by atoms with Crippen LogP contribution in [0.3, 0.4) is 0 Å². The Bertz CT molecular complexity index is 277. The molecule has 3 heteroatoms. The molecule has 1 N–H and O–H groups in total. The molecule has 0 bridgehead atoms. The first kappa shape index (κ1) is 9.71. The number of nitrogens with one attached hydrogen (secondary N) is 1. The molecule has 1 fully saturated rings. The fraction of sp³-hybridized carbons (Fsp3) is 0.727. The number of oxazole rings is 1. The Balaban J connectivity index is 2.04. The van der Waals surface area contributed by atoms with Gasteiger partial charge in [0.25, 0.3) is 0 Å². The van der Waals surface area contributed by atoms with E-state index in [4.69, 9.17) is 4.42 Å². The Labute approximate surface area is 84.9 Å². The molecule has 1 aromatic rings. The summed E-state index contributed by atoms with van der Waals surface area (Å²) < 4.78 is 5.49. The molecule has 0 aromatic carbocycles. The molecule has 1 saturated carbocycles. The molecule has 1 aliphatic rings. The van der Waals surface area contributed by atoms with Crippen LogP contribution in [-0.2, 0) is 6.54 Å². The van der Waals surface area contributed by atoms with Crippen LogP contribution in [0.4, 0.5) is 0 Å². The molecule has 1 heterocycles. The third-order valence-corrected chi connectivity index (χ3v) is 2.94. The molecule has 3 nitrogen and oxygen atoms in total. The van der Waals surface area contributed by atoms with Crippen LogP contribution in [0.5, 0.6) is 0 Å². The summed E-state index contributed by atoms with van der Waals surface area (Å²) in [6.07, 6.45) is 6.81. The van der Waals surface area contributed by atoms with Crippen LogP contribution < -0.4 is 5.32 Å². The van der Waals surface area contributed by atoms with Gasteiger partial charge in [0.15, 0.2) is 6.39 Å². The summed E-state index contributed by atoms with van der Waals surface area (Å²) in [5.41, 5.74) is 1.11. The summed E-state index contributed by atoms with van der Waals surface area (Å²) in [5.74, 6) is 1.76. The molecule has 0 unspecified atom stereocenters. The van der Waals surface area contributed by atoms with Gasteiger partial charge >= 0.3 is 0 Å². The largest absolute Gasteiger partial charge is 0.448 e. The van der Waals surface area contributed by atoms with Crippen molar-refractivity contribution in [3.63, 3.8) is 0 Å². The first-order valence-corrected chi connectivity index (χ1v) is 5.54. The van der Waals surface area contributed by atoms with Gasteiger partial charge in [-0.15, -0.1) is 0 Å². The number of rotatable bonds is 4. The number of aromatic nitrogens is 1. The predicted octanol–water partition coefficient (Wildman–Crippen LogP) is 2.44. The van der Waals surface area contributed by atoms with E-state index in [1.807, 2.05) is 0 Å². The lowest BCUT2D eigenvalue weighted by molar-refractivity contribution is 0.455. The summed E-state index contributed by atoms with van der Waals surface area (Å²) in [6.45, 7) is 3.94. The Morgan fingerprint density at radius 3 is 3.00 bits per heavy atom. The van der Waals surface area contributed by atoms with E-state index in [-0.39, 0.29) is 0 Å². The fourth-order valence-corrected chi connectivity index (χ4v) is 2.17. The second-order valence-corrected chi connectivity index (χ2v) is 3.93. The average Bonchev–Trinajstić information content (AvgIpc) is 2.84. The summed E-state index contributed by atoms with van der Waals surface area (Å²) in [7, 11) is 0. The highest BCUT2D eigenvalue weighted by Crippen LogP contribution is 2.35. The molecule has 0 saturated heterocycles. The van der Waals surface area contributed by atoms with Gasteiger partial charge in [-0.3, -0.25) is 0 Å². The topological polar surface area (TPSA) is 38.1 Å². The van der Waals surface area contributed by atoms with Crippen LogP contribution in [0.1, 0.15) is 50.0 Å². The number of nitrogens with zero attached hydrogens (tertiary/aromatic N) is 1. The molecule has 0 aliphatic heterocycles. The maximum absolute atomic E-state index is 5.49. The smallest absolute Gasteiger partial charge is 0.181 e. The molecule has 14 heavy (non-hydrogen) atoms. The van der Waals surface area contributed by atoms with Crippen molar-refractivity contribution in [3.05, 3.63) is 17.8 Å². The summed E-state index contributed by atoms with van der Waals surface area (Å²) in [6, 6.07) is 0. The summed E-state index contributed by atoms with van der Waals surface area (Å²) in [5, 5.41) is 3.29. The van der Waals surface area contributed by atoms with Crippen molar-refractivity contribution in [2.75, 3.05) is 6.54 Å². The van der Waals surface area contributed by atoms with Gasteiger partial charge < -0.3 is 9.73 Å². The molecule has 2 rings (SSSR count). The molecule has 0 spiro atoms. The predicted molar refractivity (Wildman–Crippen MR) is 55.1 cm³/mol.